The van der Waals surface area contributed by atoms with Gasteiger partial charge in [0.15, 0.2) is 11.5 Å². The molecule has 0 radical (unpaired) electrons. The molecule has 0 aliphatic heterocycles. The third-order valence-corrected chi connectivity index (χ3v) is 2.99. The maximum Gasteiger partial charge on any atom is 0.303 e. The normalized spacial score (nSPS) is 11.6. The number of amides is 1. The van der Waals surface area contributed by atoms with Gasteiger partial charge in [0.2, 0.25) is 5.91 Å². The number of carbonyl (C=O) groups excluding carboxylic acids is 1. The van der Waals surface area contributed by atoms with Crippen molar-refractivity contribution in [1.82, 2.24) is 5.32 Å². The van der Waals surface area contributed by atoms with Gasteiger partial charge in [-0.1, -0.05) is 13.0 Å². The Balaban J connectivity index is 2.51. The average Bonchev–Trinajstić information content (AvgIpc) is 2.43. The minimum Gasteiger partial charge on any atom is -0.493 e. The van der Waals surface area contributed by atoms with Gasteiger partial charge in [0.05, 0.1) is 14.2 Å². The number of nitrogens with one attached hydrogen (secondary N) is 1. The summed E-state index contributed by atoms with van der Waals surface area (Å²) in [6.07, 6.45) is 0.184. The zero-order chi connectivity index (χ0) is 15.8. The van der Waals surface area contributed by atoms with Crippen LogP contribution >= 0.6 is 0 Å². The zero-order valence-electron chi connectivity index (χ0n) is 12.5. The molecule has 1 rings (SSSR count). The van der Waals surface area contributed by atoms with Gasteiger partial charge in [-0.25, -0.2) is 0 Å². The molecule has 0 spiro atoms. The Morgan fingerprint density at radius 2 is 1.86 bits per heavy atom. The first kappa shape index (κ1) is 16.8. The third kappa shape index (κ3) is 5.72. The number of carboxylic acids is 1. The number of hydrogen-bond acceptors (Lipinski definition) is 4. The van der Waals surface area contributed by atoms with E-state index >= 15 is 0 Å². The Morgan fingerprint density at radius 1 is 1.19 bits per heavy atom. The van der Waals surface area contributed by atoms with Crippen molar-refractivity contribution >= 4 is 11.9 Å². The first-order chi connectivity index (χ1) is 9.96. The van der Waals surface area contributed by atoms with Gasteiger partial charge in [-0.3, -0.25) is 9.59 Å². The second-order valence-corrected chi connectivity index (χ2v) is 4.87. The number of carboxylic acid groups (broad SMARTS) is 1. The van der Waals surface area contributed by atoms with Crippen LogP contribution in [0.2, 0.25) is 0 Å². The molecule has 1 amide bonds. The fourth-order valence-corrected chi connectivity index (χ4v) is 1.95. The van der Waals surface area contributed by atoms with Crippen LogP contribution in [-0.4, -0.2) is 31.2 Å². The number of rotatable bonds is 8. The highest BCUT2D eigenvalue weighted by Gasteiger charge is 2.12. The molecule has 1 aromatic rings. The van der Waals surface area contributed by atoms with Crippen molar-refractivity contribution in [2.75, 3.05) is 14.2 Å². The molecule has 0 bridgehead atoms. The average molecular weight is 295 g/mol. The number of methoxy groups -OCH3 is 2. The molecule has 0 aliphatic rings. The third-order valence-electron chi connectivity index (χ3n) is 2.99. The zero-order valence-corrected chi connectivity index (χ0v) is 12.5. The lowest BCUT2D eigenvalue weighted by molar-refractivity contribution is -0.138. The van der Waals surface area contributed by atoms with Crippen LogP contribution in [0.1, 0.15) is 25.3 Å². The van der Waals surface area contributed by atoms with Crippen molar-refractivity contribution in [2.24, 2.45) is 5.92 Å². The Hall–Kier alpha value is -2.24. The maximum absolute atomic E-state index is 11.7. The predicted molar refractivity (Wildman–Crippen MR) is 77.4 cm³/mol. The monoisotopic (exact) mass is 295 g/mol. The molecule has 0 heterocycles. The van der Waals surface area contributed by atoms with Crippen molar-refractivity contribution in [1.29, 1.82) is 0 Å². The van der Waals surface area contributed by atoms with Crippen molar-refractivity contribution in [3.05, 3.63) is 23.8 Å². The van der Waals surface area contributed by atoms with E-state index in [0.717, 1.165) is 5.56 Å². The Morgan fingerprint density at radius 3 is 2.43 bits per heavy atom. The standard InChI is InChI=1S/C15H21NO5/c1-10(7-15(18)19)6-14(17)16-9-11-4-5-12(20-2)13(8-11)21-3/h4-5,8,10H,6-7,9H2,1-3H3,(H,16,17)(H,18,19)/t10-/m1/s1. The summed E-state index contributed by atoms with van der Waals surface area (Å²) in [6, 6.07) is 5.40. The molecule has 0 saturated carbocycles. The fourth-order valence-electron chi connectivity index (χ4n) is 1.95. The van der Waals surface area contributed by atoms with E-state index in [-0.39, 0.29) is 24.7 Å². The van der Waals surface area contributed by atoms with E-state index in [1.165, 1.54) is 0 Å². The SMILES string of the molecule is COc1ccc(CNC(=O)C[C@@H](C)CC(=O)O)cc1OC. The summed E-state index contributed by atoms with van der Waals surface area (Å²) in [5, 5.41) is 11.4. The van der Waals surface area contributed by atoms with E-state index < -0.39 is 5.97 Å². The molecule has 0 saturated heterocycles. The topological polar surface area (TPSA) is 84.9 Å². The van der Waals surface area contributed by atoms with E-state index in [2.05, 4.69) is 5.32 Å². The van der Waals surface area contributed by atoms with Gasteiger partial charge in [0.1, 0.15) is 0 Å². The molecule has 116 valence electrons. The van der Waals surface area contributed by atoms with Crippen molar-refractivity contribution < 1.29 is 24.2 Å². The van der Waals surface area contributed by atoms with Gasteiger partial charge in [-0.2, -0.15) is 0 Å². The Kier molecular flexibility index (Phi) is 6.52. The van der Waals surface area contributed by atoms with Gasteiger partial charge >= 0.3 is 5.97 Å². The van der Waals surface area contributed by atoms with E-state index in [1.54, 1.807) is 33.3 Å². The fraction of sp³-hybridized carbons (Fsp3) is 0.467. The Bertz CT molecular complexity index is 501. The summed E-state index contributed by atoms with van der Waals surface area (Å²) < 4.78 is 10.3. The summed E-state index contributed by atoms with van der Waals surface area (Å²) in [6.45, 7) is 2.10. The summed E-state index contributed by atoms with van der Waals surface area (Å²) in [4.78, 5) is 22.3. The second kappa shape index (κ2) is 8.14. The molecule has 6 heteroatoms. The van der Waals surface area contributed by atoms with Crippen molar-refractivity contribution in [2.45, 2.75) is 26.3 Å². The van der Waals surface area contributed by atoms with Crippen LogP contribution in [0, 0.1) is 5.92 Å². The number of carbonyl (C=O) groups is 2. The summed E-state index contributed by atoms with van der Waals surface area (Å²) in [5.41, 5.74) is 0.881. The molecule has 1 atom stereocenters. The first-order valence-electron chi connectivity index (χ1n) is 6.65. The molecule has 1 aromatic carbocycles. The van der Waals surface area contributed by atoms with Gasteiger partial charge < -0.3 is 19.9 Å². The lowest BCUT2D eigenvalue weighted by Crippen LogP contribution is -2.25. The number of aliphatic carboxylic acids is 1. The molecule has 21 heavy (non-hydrogen) atoms. The molecule has 6 nitrogen and oxygen atoms in total. The molecule has 0 aromatic heterocycles. The second-order valence-electron chi connectivity index (χ2n) is 4.87. The molecular formula is C15H21NO5. The molecule has 0 aliphatic carbocycles. The van der Waals surface area contributed by atoms with Crippen LogP contribution in [0.25, 0.3) is 0 Å². The van der Waals surface area contributed by atoms with Crippen LogP contribution in [0.3, 0.4) is 0 Å². The minimum atomic E-state index is -0.893. The summed E-state index contributed by atoms with van der Waals surface area (Å²) in [5.74, 6) is -0.0206. The molecule has 0 fully saturated rings. The van der Waals surface area contributed by atoms with Crippen LogP contribution in [0.15, 0.2) is 18.2 Å². The smallest absolute Gasteiger partial charge is 0.303 e. The highest BCUT2D eigenvalue weighted by molar-refractivity contribution is 5.77. The number of hydrogen-bond donors (Lipinski definition) is 2. The largest absolute Gasteiger partial charge is 0.493 e. The molecular weight excluding hydrogens is 274 g/mol. The minimum absolute atomic E-state index is 0.0101. The maximum atomic E-state index is 11.7. The van der Waals surface area contributed by atoms with Gasteiger partial charge in [0.25, 0.3) is 0 Å². The van der Waals surface area contributed by atoms with Crippen LogP contribution in [0.4, 0.5) is 0 Å². The van der Waals surface area contributed by atoms with Crippen molar-refractivity contribution in [3.63, 3.8) is 0 Å². The Labute approximate surface area is 124 Å². The highest BCUT2D eigenvalue weighted by atomic mass is 16.5. The van der Waals surface area contributed by atoms with Crippen LogP contribution in [0.5, 0.6) is 11.5 Å². The van der Waals surface area contributed by atoms with Crippen molar-refractivity contribution in [3.8, 4) is 11.5 Å². The lowest BCUT2D eigenvalue weighted by atomic mass is 10.0. The number of benzene rings is 1. The van der Waals surface area contributed by atoms with Crippen LogP contribution in [-0.2, 0) is 16.1 Å². The quantitative estimate of drug-likeness (QED) is 0.764. The molecule has 2 N–H and O–H groups in total. The van der Waals surface area contributed by atoms with Gasteiger partial charge in [-0.15, -0.1) is 0 Å². The molecule has 0 unspecified atom stereocenters. The predicted octanol–water partition coefficient (Wildman–Crippen LogP) is 1.82. The first-order valence-corrected chi connectivity index (χ1v) is 6.65. The number of ether oxygens (including phenoxy) is 2. The van der Waals surface area contributed by atoms with Gasteiger partial charge in [-0.05, 0) is 23.6 Å². The summed E-state index contributed by atoms with van der Waals surface area (Å²) >= 11 is 0. The van der Waals surface area contributed by atoms with Gasteiger partial charge in [0, 0.05) is 19.4 Å². The van der Waals surface area contributed by atoms with Crippen LogP contribution < -0.4 is 14.8 Å². The van der Waals surface area contributed by atoms with E-state index in [1.807, 2.05) is 6.07 Å². The highest BCUT2D eigenvalue weighted by Crippen LogP contribution is 2.27. The lowest BCUT2D eigenvalue weighted by Gasteiger charge is -2.11. The van der Waals surface area contributed by atoms with E-state index in [0.29, 0.717) is 18.0 Å². The van der Waals surface area contributed by atoms with E-state index in [4.69, 9.17) is 14.6 Å². The summed E-state index contributed by atoms with van der Waals surface area (Å²) in [7, 11) is 3.11. The van der Waals surface area contributed by atoms with E-state index in [9.17, 15) is 9.59 Å².